The molecule has 1 aliphatic rings. The van der Waals surface area contributed by atoms with Gasteiger partial charge in [0.2, 0.25) is 0 Å². The van der Waals surface area contributed by atoms with Crippen molar-refractivity contribution in [2.45, 2.75) is 11.4 Å². The monoisotopic (exact) mass is 420 g/mol. The Morgan fingerprint density at radius 2 is 1.61 bits per heavy atom. The van der Waals surface area contributed by atoms with E-state index in [1.807, 2.05) is 0 Å². The van der Waals surface area contributed by atoms with Crippen LogP contribution in [0.4, 0.5) is 5.69 Å². The maximum atomic E-state index is 13.0. The number of imide groups is 1. The summed E-state index contributed by atoms with van der Waals surface area (Å²) in [6, 6.07) is 13.7. The molecule has 0 radical (unpaired) electrons. The van der Waals surface area contributed by atoms with Crippen molar-refractivity contribution in [3.05, 3.63) is 71.3 Å². The van der Waals surface area contributed by atoms with E-state index in [0.29, 0.717) is 22.0 Å². The Balaban J connectivity index is 0.00000225. The third-order valence-corrected chi connectivity index (χ3v) is 5.29. The molecule has 0 fully saturated rings. The van der Waals surface area contributed by atoms with Crippen LogP contribution in [0.2, 0.25) is 0 Å². The van der Waals surface area contributed by atoms with E-state index in [4.69, 9.17) is 5.73 Å². The molecule has 4 rings (SSSR count). The number of benzene rings is 3. The van der Waals surface area contributed by atoms with Gasteiger partial charge in [-0.1, -0.05) is 24.3 Å². The molecular formula is C19H13KN2O5S. The Morgan fingerprint density at radius 3 is 2.29 bits per heavy atom. The number of rotatable bonds is 3. The maximum absolute atomic E-state index is 13.0. The molecule has 0 aliphatic carbocycles. The van der Waals surface area contributed by atoms with E-state index in [9.17, 15) is 22.6 Å². The summed E-state index contributed by atoms with van der Waals surface area (Å²) in [5.74, 6) is -1.14. The van der Waals surface area contributed by atoms with Gasteiger partial charge in [0.1, 0.15) is 10.1 Å². The molecular weight excluding hydrogens is 407 g/mol. The molecule has 0 unspecified atom stereocenters. The number of carbonyl (C=O) groups excluding carboxylic acids is 2. The van der Waals surface area contributed by atoms with E-state index in [1.165, 1.54) is 6.07 Å². The molecule has 0 saturated heterocycles. The second-order valence-corrected chi connectivity index (χ2v) is 7.65. The quantitative estimate of drug-likeness (QED) is 0.254. The van der Waals surface area contributed by atoms with Crippen LogP contribution in [0.1, 0.15) is 26.3 Å². The van der Waals surface area contributed by atoms with E-state index in [0.717, 1.165) is 11.0 Å². The first-order valence-corrected chi connectivity index (χ1v) is 9.40. The number of hydrogen-bond donors (Lipinski definition) is 1. The van der Waals surface area contributed by atoms with Gasteiger partial charge in [-0.05, 0) is 41.3 Å². The first-order chi connectivity index (χ1) is 12.8. The van der Waals surface area contributed by atoms with Gasteiger partial charge in [0.25, 0.3) is 11.8 Å². The minimum Gasteiger partial charge on any atom is -0.744 e. The molecule has 136 valence electrons. The van der Waals surface area contributed by atoms with Crippen LogP contribution in [0, 0.1) is 0 Å². The maximum Gasteiger partial charge on any atom is 1.00 e. The SMILES string of the molecule is Nc1cccc(CN2C(=O)c3cccc4cc(S(=O)(=O)[O-])cc(c34)C2=O)c1.[K+]. The molecule has 1 heterocycles. The largest absolute Gasteiger partial charge is 1.00 e. The molecule has 0 aromatic heterocycles. The third-order valence-electron chi connectivity index (χ3n) is 4.48. The number of anilines is 1. The number of nitrogens with two attached hydrogens (primary N) is 1. The second kappa shape index (κ2) is 7.67. The first-order valence-electron chi connectivity index (χ1n) is 7.99. The Bertz CT molecular complexity index is 1240. The van der Waals surface area contributed by atoms with Crippen molar-refractivity contribution in [3.8, 4) is 0 Å². The van der Waals surface area contributed by atoms with Gasteiger partial charge in [0.15, 0.2) is 0 Å². The number of nitrogens with zero attached hydrogens (tertiary/aromatic N) is 1. The summed E-state index contributed by atoms with van der Waals surface area (Å²) in [6.45, 7) is -0.0209. The van der Waals surface area contributed by atoms with Crippen LogP contribution in [0.5, 0.6) is 0 Å². The molecule has 28 heavy (non-hydrogen) atoms. The summed E-state index contributed by atoms with van der Waals surface area (Å²) < 4.78 is 34.4. The van der Waals surface area contributed by atoms with Gasteiger partial charge in [-0.2, -0.15) is 0 Å². The molecule has 0 spiro atoms. The summed E-state index contributed by atoms with van der Waals surface area (Å²) >= 11 is 0. The normalized spacial score (nSPS) is 13.5. The van der Waals surface area contributed by atoms with E-state index >= 15 is 0 Å². The number of amides is 2. The van der Waals surface area contributed by atoms with Gasteiger partial charge in [-0.15, -0.1) is 0 Å². The van der Waals surface area contributed by atoms with Crippen molar-refractivity contribution in [1.29, 1.82) is 0 Å². The fourth-order valence-corrected chi connectivity index (χ4v) is 3.83. The van der Waals surface area contributed by atoms with Gasteiger partial charge in [0.05, 0.1) is 11.4 Å². The molecule has 0 atom stereocenters. The fraction of sp³-hybridized carbons (Fsp3) is 0.0526. The van der Waals surface area contributed by atoms with E-state index in [-0.39, 0.29) is 69.1 Å². The first kappa shape index (κ1) is 21.1. The van der Waals surface area contributed by atoms with Crippen LogP contribution in [0.3, 0.4) is 0 Å². The molecule has 3 aromatic rings. The Labute approximate surface area is 203 Å². The van der Waals surface area contributed by atoms with Crippen molar-refractivity contribution in [1.82, 2.24) is 4.90 Å². The van der Waals surface area contributed by atoms with Crippen LogP contribution in [-0.2, 0) is 16.7 Å². The molecule has 0 saturated carbocycles. The van der Waals surface area contributed by atoms with Crippen LogP contribution >= 0.6 is 0 Å². The number of hydrogen-bond acceptors (Lipinski definition) is 6. The molecule has 2 N–H and O–H groups in total. The van der Waals surface area contributed by atoms with Crippen LogP contribution < -0.4 is 57.1 Å². The zero-order valence-corrected chi connectivity index (χ0v) is 18.8. The molecule has 1 aliphatic heterocycles. The van der Waals surface area contributed by atoms with Crippen LogP contribution in [0.15, 0.2) is 59.5 Å². The van der Waals surface area contributed by atoms with Crippen molar-refractivity contribution < 1.29 is 73.9 Å². The smallest absolute Gasteiger partial charge is 0.744 e. The summed E-state index contributed by atoms with van der Waals surface area (Å²) in [5, 5.41) is 0.702. The second-order valence-electron chi connectivity index (χ2n) is 6.27. The van der Waals surface area contributed by atoms with Crippen LogP contribution in [-0.4, -0.2) is 29.7 Å². The van der Waals surface area contributed by atoms with Gasteiger partial charge >= 0.3 is 51.4 Å². The number of carbonyl (C=O) groups is 2. The van der Waals surface area contributed by atoms with Crippen molar-refractivity contribution in [2.24, 2.45) is 0 Å². The Hall–Kier alpha value is -1.59. The fourth-order valence-electron chi connectivity index (χ4n) is 3.29. The average Bonchev–Trinajstić information content (AvgIpc) is 2.62. The van der Waals surface area contributed by atoms with E-state index < -0.39 is 26.8 Å². The summed E-state index contributed by atoms with van der Waals surface area (Å²) in [6.07, 6.45) is 0. The minimum atomic E-state index is -4.76. The Morgan fingerprint density at radius 1 is 0.929 bits per heavy atom. The van der Waals surface area contributed by atoms with Crippen molar-refractivity contribution in [2.75, 3.05) is 5.73 Å². The predicted octanol–water partition coefficient (Wildman–Crippen LogP) is -0.874. The Kier molecular flexibility index (Phi) is 5.79. The van der Waals surface area contributed by atoms with Crippen molar-refractivity contribution in [3.63, 3.8) is 0 Å². The summed E-state index contributed by atoms with van der Waals surface area (Å²) in [5.41, 5.74) is 7.19. The van der Waals surface area contributed by atoms with E-state index in [1.54, 1.807) is 42.5 Å². The standard InChI is InChI=1S/C19H14N2O5S.K/c20-13-5-1-3-11(7-13)10-21-18(22)15-6-2-4-12-8-14(27(24,25)26)9-16(17(12)15)19(21)23;/h1-9H,10,20H2,(H,24,25,26);/q;+1/p-1. The summed E-state index contributed by atoms with van der Waals surface area (Å²) in [7, 11) is -4.76. The zero-order valence-electron chi connectivity index (χ0n) is 14.9. The molecule has 9 heteroatoms. The average molecular weight is 420 g/mol. The zero-order chi connectivity index (χ0) is 19.3. The van der Waals surface area contributed by atoms with Gasteiger partial charge in [-0.25, -0.2) is 8.42 Å². The predicted molar refractivity (Wildman–Crippen MR) is 97.0 cm³/mol. The number of nitrogen functional groups attached to an aromatic ring is 1. The molecule has 3 aromatic carbocycles. The molecule has 2 amide bonds. The third kappa shape index (κ3) is 3.66. The minimum absolute atomic E-state index is 0. The molecule has 0 bridgehead atoms. The van der Waals surface area contributed by atoms with Crippen molar-refractivity contribution >= 4 is 38.4 Å². The summed E-state index contributed by atoms with van der Waals surface area (Å²) in [4.78, 5) is 26.4. The van der Waals surface area contributed by atoms with Gasteiger partial charge < -0.3 is 10.3 Å². The van der Waals surface area contributed by atoms with E-state index in [2.05, 4.69) is 0 Å². The van der Waals surface area contributed by atoms with Crippen LogP contribution in [0.25, 0.3) is 10.8 Å². The molecule has 7 nitrogen and oxygen atoms in total. The van der Waals surface area contributed by atoms with Gasteiger partial charge in [-0.3, -0.25) is 14.5 Å². The topological polar surface area (TPSA) is 121 Å². The van der Waals surface area contributed by atoms with Gasteiger partial charge in [0, 0.05) is 22.2 Å².